The molecule has 4 aromatic rings. The van der Waals surface area contributed by atoms with Crippen LogP contribution in [0.15, 0.2) is 85.3 Å². The largest absolute Gasteiger partial charge is 0.368 e. The van der Waals surface area contributed by atoms with E-state index >= 15 is 0 Å². The first-order valence-corrected chi connectivity index (χ1v) is 13.2. The molecule has 40 heavy (non-hydrogen) atoms. The van der Waals surface area contributed by atoms with Gasteiger partial charge in [0.15, 0.2) is 6.54 Å². The Morgan fingerprint density at radius 1 is 0.925 bits per heavy atom. The van der Waals surface area contributed by atoms with Gasteiger partial charge in [-0.3, -0.25) is 19.1 Å². The van der Waals surface area contributed by atoms with Crippen molar-refractivity contribution >= 4 is 34.8 Å². The van der Waals surface area contributed by atoms with E-state index in [0.29, 0.717) is 29.1 Å². The van der Waals surface area contributed by atoms with Gasteiger partial charge in [0.05, 0.1) is 25.4 Å². The van der Waals surface area contributed by atoms with Gasteiger partial charge in [-0.25, -0.2) is 9.97 Å². The minimum atomic E-state index is -0.343. The smallest absolute Gasteiger partial charge is 0.273 e. The number of amides is 2. The van der Waals surface area contributed by atoms with Gasteiger partial charge in [0.2, 0.25) is 5.95 Å². The van der Waals surface area contributed by atoms with Gasteiger partial charge in [-0.05, 0) is 66.7 Å². The minimum Gasteiger partial charge on any atom is -0.368 e. The number of hydrogen-bond donors (Lipinski definition) is 2. The van der Waals surface area contributed by atoms with E-state index in [2.05, 4.69) is 37.3 Å². The maximum Gasteiger partial charge on any atom is 0.273 e. The number of pyridine rings is 1. The summed E-state index contributed by atoms with van der Waals surface area (Å²) < 4.78 is 0.376. The first-order chi connectivity index (χ1) is 19.3. The number of piperazine rings is 1. The highest BCUT2D eigenvalue weighted by atomic mass is 16.2. The van der Waals surface area contributed by atoms with Crippen LogP contribution < -0.4 is 20.4 Å². The molecular formula is C30H33N8O2+. The Morgan fingerprint density at radius 2 is 1.65 bits per heavy atom. The number of carbonyl (C=O) groups is 2. The van der Waals surface area contributed by atoms with Gasteiger partial charge in [0, 0.05) is 61.7 Å². The van der Waals surface area contributed by atoms with Crippen molar-refractivity contribution < 1.29 is 9.59 Å². The summed E-state index contributed by atoms with van der Waals surface area (Å²) in [5.41, 5.74) is 10.7. The monoisotopic (exact) mass is 537 g/mol. The molecule has 0 unspecified atom stereocenters. The second-order valence-corrected chi connectivity index (χ2v) is 10.3. The van der Waals surface area contributed by atoms with Crippen LogP contribution in [0.2, 0.25) is 0 Å². The fraction of sp³-hybridized carbons (Fsp3) is 0.233. The van der Waals surface area contributed by atoms with Crippen molar-refractivity contribution in [1.82, 2.24) is 24.3 Å². The predicted octanol–water partition coefficient (Wildman–Crippen LogP) is 3.30. The lowest BCUT2D eigenvalue weighted by molar-refractivity contribution is -0.118. The van der Waals surface area contributed by atoms with Crippen molar-refractivity contribution in [2.45, 2.75) is 0 Å². The van der Waals surface area contributed by atoms with E-state index in [4.69, 9.17) is 5.73 Å². The number of carbonyl (C=O) groups excluding carboxylic acids is 2. The van der Waals surface area contributed by atoms with E-state index in [1.165, 1.54) is 0 Å². The molecule has 0 bridgehead atoms. The van der Waals surface area contributed by atoms with Crippen LogP contribution in [0.5, 0.6) is 0 Å². The molecule has 204 valence electrons. The summed E-state index contributed by atoms with van der Waals surface area (Å²) in [5, 5.41) is 3.29. The topological polar surface area (TPSA) is 117 Å². The molecule has 0 spiro atoms. The minimum absolute atomic E-state index is 0.0246. The third-order valence-electron chi connectivity index (χ3n) is 7.03. The van der Waals surface area contributed by atoms with Gasteiger partial charge in [0.25, 0.3) is 11.8 Å². The van der Waals surface area contributed by atoms with E-state index in [1.807, 2.05) is 61.5 Å². The zero-order chi connectivity index (χ0) is 28.1. The molecule has 2 amide bonds. The number of quaternary nitrogens is 1. The molecule has 10 nitrogen and oxygen atoms in total. The molecular weight excluding hydrogens is 504 g/mol. The molecule has 3 heterocycles. The van der Waals surface area contributed by atoms with Crippen LogP contribution in [-0.2, 0) is 4.79 Å². The van der Waals surface area contributed by atoms with Crippen molar-refractivity contribution in [2.24, 2.45) is 5.73 Å². The van der Waals surface area contributed by atoms with Gasteiger partial charge in [-0.2, -0.15) is 0 Å². The summed E-state index contributed by atoms with van der Waals surface area (Å²) in [4.78, 5) is 41.4. The number of likely N-dealkylation sites (N-methyl/N-ethyl adjacent to an activating group) is 1. The first-order valence-electron chi connectivity index (χ1n) is 13.2. The molecule has 1 aliphatic heterocycles. The second-order valence-electron chi connectivity index (χ2n) is 10.3. The van der Waals surface area contributed by atoms with E-state index in [0.717, 1.165) is 41.4 Å². The SMILES string of the molecule is C[N+](C)(CC(N)=O)c1ccc(-c2ccnc(Nc3ccc(N4CCN(C(=O)c5cccnc5)CC4)cc3)n2)cc1. The average molecular weight is 538 g/mol. The predicted molar refractivity (Wildman–Crippen MR) is 157 cm³/mol. The Morgan fingerprint density at radius 3 is 2.30 bits per heavy atom. The second kappa shape index (κ2) is 11.5. The lowest BCUT2D eigenvalue weighted by Crippen LogP contribution is -2.48. The third-order valence-corrected chi connectivity index (χ3v) is 7.03. The average Bonchev–Trinajstić information content (AvgIpc) is 2.97. The molecule has 3 N–H and O–H groups in total. The zero-order valence-electron chi connectivity index (χ0n) is 22.7. The van der Waals surface area contributed by atoms with Crippen molar-refractivity contribution in [1.29, 1.82) is 0 Å². The van der Waals surface area contributed by atoms with Crippen molar-refractivity contribution in [3.8, 4) is 11.3 Å². The van der Waals surface area contributed by atoms with Crippen LogP contribution in [-0.4, -0.2) is 78.5 Å². The van der Waals surface area contributed by atoms with E-state index in [-0.39, 0.29) is 18.4 Å². The number of nitrogens with zero attached hydrogens (tertiary/aromatic N) is 6. The number of nitrogens with one attached hydrogen (secondary N) is 1. The number of hydrogen-bond acceptors (Lipinski definition) is 7. The third kappa shape index (κ3) is 6.24. The van der Waals surface area contributed by atoms with Crippen molar-refractivity contribution in [2.75, 3.05) is 57.0 Å². The number of benzene rings is 2. The lowest BCUT2D eigenvalue weighted by atomic mass is 10.1. The quantitative estimate of drug-likeness (QED) is 0.331. The summed E-state index contributed by atoms with van der Waals surface area (Å²) in [5.74, 6) is 0.183. The van der Waals surface area contributed by atoms with Gasteiger partial charge in [-0.15, -0.1) is 0 Å². The summed E-state index contributed by atoms with van der Waals surface area (Å²) in [6.07, 6.45) is 5.02. The fourth-order valence-corrected chi connectivity index (χ4v) is 4.82. The van der Waals surface area contributed by atoms with Gasteiger partial charge < -0.3 is 20.9 Å². The van der Waals surface area contributed by atoms with Crippen LogP contribution in [0.1, 0.15) is 10.4 Å². The van der Waals surface area contributed by atoms with Crippen LogP contribution in [0.4, 0.5) is 23.0 Å². The van der Waals surface area contributed by atoms with E-state index in [1.54, 1.807) is 30.7 Å². The molecule has 5 rings (SSSR count). The number of rotatable bonds is 8. The molecule has 0 saturated carbocycles. The standard InChI is InChI=1S/C30H32N8O2/c1-38(2,21-28(31)39)26-11-5-22(6-12-26)27-13-15-33-30(35-27)34-24-7-9-25(10-8-24)36-16-18-37(19-17-36)29(40)23-4-3-14-32-20-23/h3-15,20H,16-19,21H2,1-2H3,(H2-,31,33,34,35,39)/p+1. The Kier molecular flexibility index (Phi) is 7.70. The number of nitrogens with two attached hydrogens (primary N) is 1. The molecule has 10 heteroatoms. The maximum absolute atomic E-state index is 12.7. The Labute approximate surface area is 233 Å². The summed E-state index contributed by atoms with van der Waals surface area (Å²) >= 11 is 0. The van der Waals surface area contributed by atoms with Gasteiger partial charge in [0.1, 0.15) is 5.69 Å². The van der Waals surface area contributed by atoms with Crippen LogP contribution in [0.25, 0.3) is 11.3 Å². The van der Waals surface area contributed by atoms with Crippen LogP contribution >= 0.6 is 0 Å². The highest BCUT2D eigenvalue weighted by molar-refractivity contribution is 5.94. The van der Waals surface area contributed by atoms with E-state index in [9.17, 15) is 9.59 Å². The van der Waals surface area contributed by atoms with Crippen LogP contribution in [0.3, 0.4) is 0 Å². The summed E-state index contributed by atoms with van der Waals surface area (Å²) in [6.45, 7) is 3.08. The summed E-state index contributed by atoms with van der Waals surface area (Å²) in [6, 6.07) is 21.5. The molecule has 0 aliphatic carbocycles. The normalized spacial score (nSPS) is 13.7. The first kappa shape index (κ1) is 26.8. The molecule has 1 aliphatic rings. The Bertz CT molecular complexity index is 1470. The van der Waals surface area contributed by atoms with Gasteiger partial charge >= 0.3 is 0 Å². The maximum atomic E-state index is 12.7. The highest BCUT2D eigenvalue weighted by Crippen LogP contribution is 2.26. The summed E-state index contributed by atoms with van der Waals surface area (Å²) in [7, 11) is 3.89. The van der Waals surface area contributed by atoms with Crippen molar-refractivity contribution in [3.63, 3.8) is 0 Å². The number of aromatic nitrogens is 3. The Hall–Kier alpha value is -4.83. The molecule has 0 radical (unpaired) electrons. The number of anilines is 3. The van der Waals surface area contributed by atoms with Crippen LogP contribution in [0, 0.1) is 0 Å². The van der Waals surface area contributed by atoms with Gasteiger partial charge in [-0.1, -0.05) is 0 Å². The molecule has 0 atom stereocenters. The van der Waals surface area contributed by atoms with Crippen molar-refractivity contribution in [3.05, 3.63) is 90.9 Å². The lowest BCUT2D eigenvalue weighted by Gasteiger charge is -2.36. The van der Waals surface area contributed by atoms with E-state index < -0.39 is 0 Å². The molecule has 1 saturated heterocycles. The Balaban J connectivity index is 1.19. The molecule has 2 aromatic carbocycles. The number of primary amides is 1. The fourth-order valence-electron chi connectivity index (χ4n) is 4.82. The molecule has 2 aromatic heterocycles. The highest BCUT2D eigenvalue weighted by Gasteiger charge is 2.23. The zero-order valence-corrected chi connectivity index (χ0v) is 22.7. The molecule has 1 fully saturated rings.